The second-order valence-corrected chi connectivity index (χ2v) is 11.0. The van der Waals surface area contributed by atoms with Crippen LogP contribution in [0.25, 0.3) is 11.1 Å². The Bertz CT molecular complexity index is 1200. The van der Waals surface area contributed by atoms with Crippen molar-refractivity contribution in [1.82, 2.24) is 4.98 Å². The molecule has 0 fully saturated rings. The molecule has 4 rings (SSSR count). The molecule has 0 saturated heterocycles. The quantitative estimate of drug-likeness (QED) is 0.521. The Morgan fingerprint density at radius 2 is 1.68 bits per heavy atom. The zero-order valence-corrected chi connectivity index (χ0v) is 20.0. The highest BCUT2D eigenvalue weighted by molar-refractivity contribution is 7.09. The highest BCUT2D eigenvalue weighted by Crippen LogP contribution is 2.48. The highest BCUT2D eigenvalue weighted by atomic mass is 32.1. The van der Waals surface area contributed by atoms with Crippen molar-refractivity contribution in [1.29, 1.82) is 0 Å². The van der Waals surface area contributed by atoms with Crippen molar-refractivity contribution >= 4 is 11.3 Å². The predicted octanol–water partition coefficient (Wildman–Crippen LogP) is 6.07. The second kappa shape index (κ2) is 7.56. The summed E-state index contributed by atoms with van der Waals surface area (Å²) in [5.41, 5.74) is 7.63. The Morgan fingerprint density at radius 3 is 2.26 bits per heavy atom. The van der Waals surface area contributed by atoms with Gasteiger partial charge in [0.25, 0.3) is 0 Å². The topological polar surface area (TPSA) is 62.3 Å². The molecule has 5 heteroatoms. The molecule has 164 valence electrons. The van der Waals surface area contributed by atoms with Crippen LogP contribution in [0.3, 0.4) is 0 Å². The van der Waals surface area contributed by atoms with Crippen LogP contribution in [0.2, 0.25) is 0 Å². The molecule has 3 aromatic rings. The number of benzene rings is 2. The van der Waals surface area contributed by atoms with Crippen molar-refractivity contribution in [2.24, 2.45) is 0 Å². The molecule has 1 aromatic heterocycles. The van der Waals surface area contributed by atoms with E-state index < -0.39 is 0 Å². The fourth-order valence-electron chi connectivity index (χ4n) is 4.75. The molecule has 31 heavy (non-hydrogen) atoms. The molecular formula is C26H31NO3S. The van der Waals surface area contributed by atoms with Gasteiger partial charge in [-0.15, -0.1) is 0 Å². The summed E-state index contributed by atoms with van der Waals surface area (Å²) < 4.78 is 5.72. The molecule has 0 atom stereocenters. The molecule has 0 radical (unpaired) electrons. The number of aromatic amines is 1. The molecule has 0 aliphatic heterocycles. The predicted molar refractivity (Wildman–Crippen MR) is 128 cm³/mol. The number of ether oxygens (including phenoxy) is 1. The standard InChI is InChI=1S/C26H31NO3S/c1-15-11-19-20(26(4,5)10-9-25(19,2)3)14-17(15)18-12-16(7-8-21(18)30-6)13-22-23(28)27-24(29)31-22/h7-8,11-12,14,28H,9-10,13H2,1-6H3,(H,27,29). The van der Waals surface area contributed by atoms with E-state index in [4.69, 9.17) is 4.74 Å². The van der Waals surface area contributed by atoms with E-state index >= 15 is 0 Å². The number of rotatable bonds is 4. The molecule has 0 unspecified atom stereocenters. The maximum absolute atomic E-state index is 11.6. The van der Waals surface area contributed by atoms with Gasteiger partial charge in [-0.2, -0.15) is 0 Å². The summed E-state index contributed by atoms with van der Waals surface area (Å²) in [6.07, 6.45) is 2.85. The molecule has 1 aliphatic carbocycles. The van der Waals surface area contributed by atoms with Gasteiger partial charge in [-0.25, -0.2) is 0 Å². The van der Waals surface area contributed by atoms with Gasteiger partial charge >= 0.3 is 4.87 Å². The van der Waals surface area contributed by atoms with Crippen LogP contribution in [0.5, 0.6) is 11.6 Å². The first-order valence-electron chi connectivity index (χ1n) is 10.8. The number of aromatic hydroxyl groups is 1. The lowest BCUT2D eigenvalue weighted by Gasteiger charge is -2.42. The highest BCUT2D eigenvalue weighted by Gasteiger charge is 2.37. The van der Waals surface area contributed by atoms with Crippen LogP contribution < -0.4 is 9.61 Å². The number of aromatic nitrogens is 1. The minimum Gasteiger partial charge on any atom is -0.496 e. The van der Waals surface area contributed by atoms with Gasteiger partial charge in [0.1, 0.15) is 5.75 Å². The normalized spacial score (nSPS) is 16.7. The summed E-state index contributed by atoms with van der Waals surface area (Å²) >= 11 is 1.05. The van der Waals surface area contributed by atoms with Crippen molar-refractivity contribution in [2.75, 3.05) is 7.11 Å². The number of aryl methyl sites for hydroxylation is 1. The second-order valence-electron chi connectivity index (χ2n) is 9.98. The number of thiazole rings is 1. The molecule has 0 saturated carbocycles. The number of nitrogens with one attached hydrogen (secondary N) is 1. The van der Waals surface area contributed by atoms with E-state index in [0.29, 0.717) is 11.3 Å². The smallest absolute Gasteiger partial charge is 0.307 e. The van der Waals surface area contributed by atoms with E-state index in [-0.39, 0.29) is 21.6 Å². The first-order chi connectivity index (χ1) is 14.5. The lowest BCUT2D eigenvalue weighted by molar-refractivity contribution is 0.332. The van der Waals surface area contributed by atoms with E-state index in [1.807, 2.05) is 12.1 Å². The van der Waals surface area contributed by atoms with Crippen LogP contribution in [0.4, 0.5) is 0 Å². The third-order valence-electron chi connectivity index (χ3n) is 6.82. The lowest BCUT2D eigenvalue weighted by Crippen LogP contribution is -2.34. The minimum absolute atomic E-state index is 0.0405. The summed E-state index contributed by atoms with van der Waals surface area (Å²) in [7, 11) is 1.70. The van der Waals surface area contributed by atoms with E-state index in [2.05, 4.69) is 57.8 Å². The minimum atomic E-state index is -0.239. The van der Waals surface area contributed by atoms with E-state index in [0.717, 1.165) is 28.2 Å². The summed E-state index contributed by atoms with van der Waals surface area (Å²) in [5, 5.41) is 9.99. The maximum atomic E-state index is 11.6. The Labute approximate surface area is 187 Å². The maximum Gasteiger partial charge on any atom is 0.307 e. The van der Waals surface area contributed by atoms with E-state index in [1.165, 1.54) is 35.1 Å². The largest absolute Gasteiger partial charge is 0.496 e. The van der Waals surface area contributed by atoms with Crippen molar-refractivity contribution in [3.05, 3.63) is 67.1 Å². The Morgan fingerprint density at radius 1 is 1.03 bits per heavy atom. The molecule has 0 amide bonds. The summed E-state index contributed by atoms with van der Waals surface area (Å²) in [6, 6.07) is 10.8. The fraction of sp³-hybridized carbons (Fsp3) is 0.423. The number of H-pyrrole nitrogens is 1. The summed E-state index contributed by atoms with van der Waals surface area (Å²) in [4.78, 5) is 14.4. The molecule has 0 bridgehead atoms. The van der Waals surface area contributed by atoms with Gasteiger partial charge in [0.2, 0.25) is 5.88 Å². The van der Waals surface area contributed by atoms with Gasteiger partial charge < -0.3 is 9.84 Å². The van der Waals surface area contributed by atoms with Crippen molar-refractivity contribution in [3.8, 4) is 22.8 Å². The van der Waals surface area contributed by atoms with E-state index in [1.54, 1.807) is 7.11 Å². The average Bonchev–Trinajstić information content (AvgIpc) is 3.02. The number of hydrogen-bond donors (Lipinski definition) is 2. The van der Waals surface area contributed by atoms with Crippen LogP contribution in [-0.2, 0) is 17.3 Å². The van der Waals surface area contributed by atoms with E-state index in [9.17, 15) is 9.90 Å². The van der Waals surface area contributed by atoms with Crippen LogP contribution in [0, 0.1) is 6.92 Å². The molecule has 4 nitrogen and oxygen atoms in total. The van der Waals surface area contributed by atoms with Crippen LogP contribution in [0.15, 0.2) is 35.1 Å². The average molecular weight is 438 g/mol. The third kappa shape index (κ3) is 3.91. The monoisotopic (exact) mass is 437 g/mol. The number of hydrogen-bond acceptors (Lipinski definition) is 4. The Kier molecular flexibility index (Phi) is 5.29. The summed E-state index contributed by atoms with van der Waals surface area (Å²) in [5.74, 6) is 0.785. The Hall–Kier alpha value is -2.53. The van der Waals surface area contributed by atoms with Gasteiger partial charge in [-0.1, -0.05) is 51.2 Å². The van der Waals surface area contributed by atoms with Crippen LogP contribution in [-0.4, -0.2) is 17.2 Å². The van der Waals surface area contributed by atoms with Gasteiger partial charge in [-0.05, 0) is 76.6 Å². The zero-order valence-electron chi connectivity index (χ0n) is 19.2. The van der Waals surface area contributed by atoms with Crippen molar-refractivity contribution < 1.29 is 9.84 Å². The molecule has 2 aromatic carbocycles. The molecule has 1 aliphatic rings. The molecule has 0 spiro atoms. The van der Waals surface area contributed by atoms with Gasteiger partial charge in [0.15, 0.2) is 0 Å². The first kappa shape index (κ1) is 21.7. The van der Waals surface area contributed by atoms with Gasteiger partial charge in [-0.3, -0.25) is 9.78 Å². The van der Waals surface area contributed by atoms with Crippen LogP contribution in [0.1, 0.15) is 67.7 Å². The Balaban J connectivity index is 1.85. The first-order valence-corrected chi connectivity index (χ1v) is 11.6. The number of methoxy groups -OCH3 is 1. The molecule has 1 heterocycles. The number of fused-ring (bicyclic) bond motifs is 1. The zero-order chi connectivity index (χ0) is 22.6. The third-order valence-corrected chi connectivity index (χ3v) is 7.69. The van der Waals surface area contributed by atoms with Crippen molar-refractivity contribution in [3.63, 3.8) is 0 Å². The summed E-state index contributed by atoms with van der Waals surface area (Å²) in [6.45, 7) is 11.5. The fourth-order valence-corrected chi connectivity index (χ4v) is 5.50. The van der Waals surface area contributed by atoms with Crippen molar-refractivity contribution in [2.45, 2.75) is 64.7 Å². The van der Waals surface area contributed by atoms with Gasteiger partial charge in [0.05, 0.1) is 12.0 Å². The van der Waals surface area contributed by atoms with Crippen LogP contribution >= 0.6 is 11.3 Å². The molecular weight excluding hydrogens is 406 g/mol. The van der Waals surface area contributed by atoms with Gasteiger partial charge in [0, 0.05) is 12.0 Å². The molecule has 2 N–H and O–H groups in total. The SMILES string of the molecule is COc1ccc(Cc2sc(=O)[nH]c2O)cc1-c1cc2c(cc1C)C(C)(C)CCC2(C)C. The lowest BCUT2D eigenvalue weighted by atomic mass is 9.62.